The van der Waals surface area contributed by atoms with Crippen LogP contribution in [0.1, 0.15) is 35.6 Å². The summed E-state index contributed by atoms with van der Waals surface area (Å²) in [6.45, 7) is 3.52. The Bertz CT molecular complexity index is 290. The van der Waals surface area contributed by atoms with Gasteiger partial charge in [0.15, 0.2) is 0 Å². The van der Waals surface area contributed by atoms with Crippen LogP contribution < -0.4 is 0 Å². The van der Waals surface area contributed by atoms with Crippen LogP contribution in [0.3, 0.4) is 0 Å². The second-order valence-corrected chi connectivity index (χ2v) is 3.96. The molecule has 2 rings (SSSR count). The minimum atomic E-state index is -0.589. The fourth-order valence-corrected chi connectivity index (χ4v) is 2.09. The lowest BCUT2D eigenvalue weighted by molar-refractivity contribution is 0.224. The van der Waals surface area contributed by atoms with Gasteiger partial charge in [-0.05, 0) is 12.8 Å². The Morgan fingerprint density at radius 1 is 1.75 bits per heavy atom. The Balaban J connectivity index is 2.17. The van der Waals surface area contributed by atoms with Crippen LogP contribution in [0.4, 0.5) is 0 Å². The fourth-order valence-electron chi connectivity index (χ4n) is 1.08. The maximum atomic E-state index is 9.37. The van der Waals surface area contributed by atoms with Gasteiger partial charge in [-0.3, -0.25) is 0 Å². The molecule has 1 aromatic rings. The van der Waals surface area contributed by atoms with Crippen LogP contribution in [0.25, 0.3) is 0 Å². The van der Waals surface area contributed by atoms with Crippen molar-refractivity contribution in [1.29, 1.82) is 0 Å². The quantitative estimate of drug-likeness (QED) is 0.725. The predicted molar refractivity (Wildman–Crippen MR) is 49.2 cm³/mol. The zero-order valence-corrected chi connectivity index (χ0v) is 7.55. The van der Waals surface area contributed by atoms with Crippen LogP contribution in [-0.4, -0.2) is 10.1 Å². The van der Waals surface area contributed by atoms with Gasteiger partial charge >= 0.3 is 0 Å². The fraction of sp³-hybridized carbons (Fsp3) is 0.444. The van der Waals surface area contributed by atoms with E-state index in [1.54, 1.807) is 11.3 Å². The van der Waals surface area contributed by atoms with E-state index in [0.29, 0.717) is 5.92 Å². The number of aliphatic hydroxyl groups excluding tert-OH is 1. The second-order valence-electron chi connectivity index (χ2n) is 3.07. The molecule has 1 unspecified atom stereocenters. The molecule has 0 spiro atoms. The average Bonchev–Trinajstić information content (AvgIpc) is 2.83. The third-order valence-electron chi connectivity index (χ3n) is 1.99. The molecule has 3 heteroatoms. The lowest BCUT2D eigenvalue weighted by Gasteiger charge is -1.97. The summed E-state index contributed by atoms with van der Waals surface area (Å²) in [6, 6.07) is 0. The predicted octanol–water partition coefficient (Wildman–Crippen LogP) is 2.24. The molecule has 0 aromatic carbocycles. The van der Waals surface area contributed by atoms with E-state index in [-0.39, 0.29) is 0 Å². The zero-order valence-electron chi connectivity index (χ0n) is 6.73. The van der Waals surface area contributed by atoms with Gasteiger partial charge in [0.05, 0.1) is 10.7 Å². The van der Waals surface area contributed by atoms with Crippen molar-refractivity contribution in [2.75, 3.05) is 0 Å². The molecule has 64 valence electrons. The van der Waals surface area contributed by atoms with Gasteiger partial charge in [0, 0.05) is 11.3 Å². The summed E-state index contributed by atoms with van der Waals surface area (Å²) in [5.41, 5.74) is 0.747. The molecule has 0 aliphatic heterocycles. The molecule has 2 nitrogen and oxygen atoms in total. The number of thiazole rings is 1. The number of hydrogen-bond acceptors (Lipinski definition) is 3. The minimum absolute atomic E-state index is 0.589. The molecule has 0 amide bonds. The van der Waals surface area contributed by atoms with Gasteiger partial charge in [-0.2, -0.15) is 0 Å². The summed E-state index contributed by atoms with van der Waals surface area (Å²) in [7, 11) is 0. The first-order valence-corrected chi connectivity index (χ1v) is 4.95. The maximum Gasteiger partial charge on any atom is 0.115 e. The van der Waals surface area contributed by atoms with Crippen molar-refractivity contribution in [3.8, 4) is 0 Å². The lowest BCUT2D eigenvalue weighted by Crippen LogP contribution is -1.92. The molecule has 1 N–H and O–H groups in total. The highest BCUT2D eigenvalue weighted by Crippen LogP contribution is 2.41. The molecule has 1 aromatic heterocycles. The van der Waals surface area contributed by atoms with Crippen molar-refractivity contribution in [3.05, 3.63) is 28.7 Å². The molecule has 0 saturated heterocycles. The van der Waals surface area contributed by atoms with Crippen molar-refractivity contribution in [3.63, 3.8) is 0 Å². The minimum Gasteiger partial charge on any atom is -0.383 e. The molecular formula is C9H11NOS. The van der Waals surface area contributed by atoms with E-state index in [4.69, 9.17) is 0 Å². The molecule has 0 radical (unpaired) electrons. The normalized spacial score (nSPS) is 19.1. The van der Waals surface area contributed by atoms with E-state index in [2.05, 4.69) is 11.6 Å². The Kier molecular flexibility index (Phi) is 1.98. The summed E-state index contributed by atoms with van der Waals surface area (Å²) in [4.78, 5) is 4.34. The van der Waals surface area contributed by atoms with Crippen LogP contribution in [0.2, 0.25) is 0 Å². The van der Waals surface area contributed by atoms with Crippen molar-refractivity contribution in [2.45, 2.75) is 24.9 Å². The van der Waals surface area contributed by atoms with Crippen molar-refractivity contribution >= 4 is 11.3 Å². The van der Waals surface area contributed by atoms with Crippen LogP contribution in [0.5, 0.6) is 0 Å². The van der Waals surface area contributed by atoms with Gasteiger partial charge in [0.2, 0.25) is 0 Å². The molecule has 1 atom stereocenters. The number of aromatic nitrogens is 1. The van der Waals surface area contributed by atoms with Gasteiger partial charge < -0.3 is 5.11 Å². The summed E-state index contributed by atoms with van der Waals surface area (Å²) in [5.74, 6) is 0.681. The van der Waals surface area contributed by atoms with E-state index in [1.807, 2.05) is 5.38 Å². The van der Waals surface area contributed by atoms with Crippen LogP contribution in [-0.2, 0) is 0 Å². The molecule has 12 heavy (non-hydrogen) atoms. The summed E-state index contributed by atoms with van der Waals surface area (Å²) in [6.07, 6.45) is 3.44. The van der Waals surface area contributed by atoms with Gasteiger partial charge in [0.1, 0.15) is 6.10 Å². The van der Waals surface area contributed by atoms with Gasteiger partial charge in [-0.25, -0.2) is 4.98 Å². The SMILES string of the molecule is C=CC(O)c1csc(C2CC2)n1. The molecular weight excluding hydrogens is 170 g/mol. The van der Waals surface area contributed by atoms with Crippen LogP contribution in [0, 0.1) is 0 Å². The first-order valence-electron chi connectivity index (χ1n) is 4.07. The molecule has 1 aliphatic carbocycles. The molecule has 1 saturated carbocycles. The lowest BCUT2D eigenvalue weighted by atomic mass is 10.3. The third kappa shape index (κ3) is 1.42. The highest BCUT2D eigenvalue weighted by molar-refractivity contribution is 7.09. The number of nitrogens with zero attached hydrogens (tertiary/aromatic N) is 1. The Morgan fingerprint density at radius 2 is 2.50 bits per heavy atom. The standard InChI is InChI=1S/C9H11NOS/c1-2-8(11)7-5-12-9(10-7)6-3-4-6/h2,5-6,8,11H,1,3-4H2. The zero-order chi connectivity index (χ0) is 8.55. The van der Waals surface area contributed by atoms with E-state index in [1.165, 1.54) is 23.9 Å². The van der Waals surface area contributed by atoms with Crippen LogP contribution >= 0.6 is 11.3 Å². The largest absolute Gasteiger partial charge is 0.383 e. The van der Waals surface area contributed by atoms with Crippen molar-refractivity contribution in [1.82, 2.24) is 4.98 Å². The molecule has 1 fully saturated rings. The second kappa shape index (κ2) is 2.99. The van der Waals surface area contributed by atoms with Gasteiger partial charge in [0.25, 0.3) is 0 Å². The first-order chi connectivity index (χ1) is 5.81. The summed E-state index contributed by atoms with van der Waals surface area (Å²) >= 11 is 1.64. The van der Waals surface area contributed by atoms with Gasteiger partial charge in [-0.15, -0.1) is 17.9 Å². The summed E-state index contributed by atoms with van der Waals surface area (Å²) in [5, 5.41) is 12.5. The number of aliphatic hydroxyl groups is 1. The number of rotatable bonds is 3. The van der Waals surface area contributed by atoms with E-state index in [9.17, 15) is 5.11 Å². The van der Waals surface area contributed by atoms with Crippen LogP contribution in [0.15, 0.2) is 18.0 Å². The molecule has 1 aliphatic rings. The van der Waals surface area contributed by atoms with Crippen molar-refractivity contribution < 1.29 is 5.11 Å². The molecule has 1 heterocycles. The van der Waals surface area contributed by atoms with E-state index in [0.717, 1.165) is 5.69 Å². The monoisotopic (exact) mass is 181 g/mol. The average molecular weight is 181 g/mol. The highest BCUT2D eigenvalue weighted by atomic mass is 32.1. The first kappa shape index (κ1) is 7.95. The Hall–Kier alpha value is -0.670. The Labute approximate surface area is 75.6 Å². The van der Waals surface area contributed by atoms with E-state index < -0.39 is 6.10 Å². The maximum absolute atomic E-state index is 9.37. The number of hydrogen-bond donors (Lipinski definition) is 1. The third-order valence-corrected chi connectivity index (χ3v) is 3.02. The topological polar surface area (TPSA) is 33.1 Å². The summed E-state index contributed by atoms with van der Waals surface area (Å²) < 4.78 is 0. The van der Waals surface area contributed by atoms with Gasteiger partial charge in [-0.1, -0.05) is 6.08 Å². The van der Waals surface area contributed by atoms with E-state index >= 15 is 0 Å². The highest BCUT2D eigenvalue weighted by Gasteiger charge is 2.27. The Morgan fingerprint density at radius 3 is 3.08 bits per heavy atom. The smallest absolute Gasteiger partial charge is 0.115 e. The van der Waals surface area contributed by atoms with Crippen molar-refractivity contribution in [2.24, 2.45) is 0 Å². The molecule has 0 bridgehead atoms.